The van der Waals surface area contributed by atoms with E-state index in [1.165, 1.54) is 24.0 Å². The molecule has 0 fully saturated rings. The fourth-order valence-electron chi connectivity index (χ4n) is 2.31. The molecule has 3 aromatic rings. The van der Waals surface area contributed by atoms with Gasteiger partial charge in [0.1, 0.15) is 11.2 Å². The molecule has 0 aliphatic rings. The maximum absolute atomic E-state index is 10.7. The zero-order valence-corrected chi connectivity index (χ0v) is 14.0. The molecule has 0 unspecified atom stereocenters. The lowest BCUT2D eigenvalue weighted by Crippen LogP contribution is -2.00. The van der Waals surface area contributed by atoms with E-state index < -0.39 is 4.92 Å². The average molecular weight is 341 g/mol. The molecule has 0 amide bonds. The number of benzene rings is 1. The molecule has 0 N–H and O–H groups in total. The minimum atomic E-state index is -0.466. The van der Waals surface area contributed by atoms with E-state index >= 15 is 0 Å². The first-order valence-electron chi connectivity index (χ1n) is 7.37. The van der Waals surface area contributed by atoms with Gasteiger partial charge in [0.2, 0.25) is 0 Å². The van der Waals surface area contributed by atoms with Crippen LogP contribution in [-0.4, -0.2) is 24.7 Å². The standard InChI is InChI=1S/C16H15N5O2S/c1-3-20-15(13-7-5-4-6-11(13)2)18-19-16(20)24-14-9-8-12(10-17-14)21(22)23/h4-10H,3H2,1-2H3. The molecule has 0 radical (unpaired) electrons. The second kappa shape index (κ2) is 6.79. The van der Waals surface area contributed by atoms with Gasteiger partial charge in [-0.15, -0.1) is 10.2 Å². The third kappa shape index (κ3) is 3.13. The average Bonchev–Trinajstić information content (AvgIpc) is 2.98. The highest BCUT2D eigenvalue weighted by Gasteiger charge is 2.16. The monoisotopic (exact) mass is 341 g/mol. The Hall–Kier alpha value is -2.74. The highest BCUT2D eigenvalue weighted by molar-refractivity contribution is 7.99. The number of hydrogen-bond acceptors (Lipinski definition) is 6. The van der Waals surface area contributed by atoms with Crippen LogP contribution in [0.2, 0.25) is 0 Å². The van der Waals surface area contributed by atoms with Crippen LogP contribution in [0.15, 0.2) is 52.8 Å². The summed E-state index contributed by atoms with van der Waals surface area (Å²) < 4.78 is 2.01. The summed E-state index contributed by atoms with van der Waals surface area (Å²) in [7, 11) is 0. The third-order valence-corrected chi connectivity index (χ3v) is 4.48. The van der Waals surface area contributed by atoms with E-state index in [1.54, 1.807) is 6.07 Å². The molecule has 3 rings (SSSR count). The van der Waals surface area contributed by atoms with Gasteiger partial charge in [-0.25, -0.2) is 4.98 Å². The van der Waals surface area contributed by atoms with Crippen molar-refractivity contribution in [2.24, 2.45) is 0 Å². The molecule has 2 aromatic heterocycles. The van der Waals surface area contributed by atoms with E-state index in [0.29, 0.717) is 16.7 Å². The summed E-state index contributed by atoms with van der Waals surface area (Å²) in [5.74, 6) is 0.806. The summed E-state index contributed by atoms with van der Waals surface area (Å²) in [4.78, 5) is 14.3. The van der Waals surface area contributed by atoms with Gasteiger partial charge >= 0.3 is 0 Å². The van der Waals surface area contributed by atoms with Crippen molar-refractivity contribution < 1.29 is 4.92 Å². The van der Waals surface area contributed by atoms with Gasteiger partial charge in [-0.3, -0.25) is 10.1 Å². The van der Waals surface area contributed by atoms with Crippen LogP contribution in [0, 0.1) is 17.0 Å². The predicted octanol–water partition coefficient (Wildman–Crippen LogP) is 3.73. The number of aryl methyl sites for hydroxylation is 1. The smallest absolute Gasteiger partial charge is 0.287 e. The van der Waals surface area contributed by atoms with Crippen molar-refractivity contribution in [3.05, 3.63) is 58.3 Å². The molecule has 0 spiro atoms. The fourth-order valence-corrected chi connectivity index (χ4v) is 3.14. The SMILES string of the molecule is CCn1c(Sc2ccc([N+](=O)[O-])cn2)nnc1-c1ccccc1C. The molecule has 0 aliphatic carbocycles. The van der Waals surface area contributed by atoms with Gasteiger partial charge in [-0.2, -0.15) is 0 Å². The Kier molecular flexibility index (Phi) is 4.57. The van der Waals surface area contributed by atoms with E-state index in [2.05, 4.69) is 15.2 Å². The van der Waals surface area contributed by atoms with E-state index in [0.717, 1.165) is 17.0 Å². The van der Waals surface area contributed by atoms with E-state index in [9.17, 15) is 10.1 Å². The van der Waals surface area contributed by atoms with Crippen molar-refractivity contribution in [2.75, 3.05) is 0 Å². The molecule has 1 aromatic carbocycles. The number of nitro groups is 1. The lowest BCUT2D eigenvalue weighted by molar-refractivity contribution is -0.385. The van der Waals surface area contributed by atoms with Crippen LogP contribution in [0.5, 0.6) is 0 Å². The summed E-state index contributed by atoms with van der Waals surface area (Å²) >= 11 is 1.34. The molecular formula is C16H15N5O2S. The summed E-state index contributed by atoms with van der Waals surface area (Å²) in [5.41, 5.74) is 2.14. The number of aromatic nitrogens is 4. The first kappa shape index (κ1) is 16.1. The Morgan fingerprint density at radius 2 is 2.00 bits per heavy atom. The van der Waals surface area contributed by atoms with Crippen molar-refractivity contribution in [1.29, 1.82) is 0 Å². The van der Waals surface area contributed by atoms with Crippen LogP contribution in [0.1, 0.15) is 12.5 Å². The summed E-state index contributed by atoms with van der Waals surface area (Å²) in [6, 6.07) is 11.1. The molecule has 2 heterocycles. The molecular weight excluding hydrogens is 326 g/mol. The van der Waals surface area contributed by atoms with E-state index in [1.807, 2.05) is 42.7 Å². The van der Waals surface area contributed by atoms with E-state index in [-0.39, 0.29) is 5.69 Å². The van der Waals surface area contributed by atoms with Crippen LogP contribution in [0.3, 0.4) is 0 Å². The lowest BCUT2D eigenvalue weighted by atomic mass is 10.1. The van der Waals surface area contributed by atoms with Crippen LogP contribution in [-0.2, 0) is 6.54 Å². The predicted molar refractivity (Wildman–Crippen MR) is 90.9 cm³/mol. The maximum atomic E-state index is 10.7. The molecule has 24 heavy (non-hydrogen) atoms. The summed E-state index contributed by atoms with van der Waals surface area (Å²) in [6.45, 7) is 4.78. The zero-order chi connectivity index (χ0) is 17.1. The second-order valence-electron chi connectivity index (χ2n) is 5.08. The maximum Gasteiger partial charge on any atom is 0.287 e. The third-order valence-electron chi connectivity index (χ3n) is 3.55. The van der Waals surface area contributed by atoms with Gasteiger partial charge < -0.3 is 4.57 Å². The zero-order valence-electron chi connectivity index (χ0n) is 13.2. The molecule has 8 heteroatoms. The molecule has 7 nitrogen and oxygen atoms in total. The van der Waals surface area contributed by atoms with Gasteiger partial charge in [0.15, 0.2) is 11.0 Å². The Bertz CT molecular complexity index is 876. The molecule has 0 aliphatic heterocycles. The molecule has 122 valence electrons. The van der Waals surface area contributed by atoms with Crippen LogP contribution in [0.25, 0.3) is 11.4 Å². The molecule has 0 saturated carbocycles. The Morgan fingerprint density at radius 3 is 2.62 bits per heavy atom. The Labute approximate surface area is 142 Å². The number of pyridine rings is 1. The second-order valence-corrected chi connectivity index (χ2v) is 6.07. The van der Waals surface area contributed by atoms with E-state index in [4.69, 9.17) is 0 Å². The minimum absolute atomic E-state index is 0.0306. The fraction of sp³-hybridized carbons (Fsp3) is 0.188. The summed E-state index contributed by atoms with van der Waals surface area (Å²) in [5, 5.41) is 20.6. The largest absolute Gasteiger partial charge is 0.302 e. The van der Waals surface area contributed by atoms with Crippen molar-refractivity contribution in [3.63, 3.8) is 0 Å². The van der Waals surface area contributed by atoms with Crippen molar-refractivity contribution in [3.8, 4) is 11.4 Å². The van der Waals surface area contributed by atoms with Gasteiger partial charge in [0, 0.05) is 18.2 Å². The topological polar surface area (TPSA) is 86.7 Å². The van der Waals surface area contributed by atoms with Crippen molar-refractivity contribution in [1.82, 2.24) is 19.7 Å². The van der Waals surface area contributed by atoms with Gasteiger partial charge in [0.05, 0.1) is 4.92 Å². The minimum Gasteiger partial charge on any atom is -0.302 e. The van der Waals surface area contributed by atoms with Crippen LogP contribution < -0.4 is 0 Å². The lowest BCUT2D eigenvalue weighted by Gasteiger charge is -2.08. The molecule has 0 saturated heterocycles. The number of nitrogens with zero attached hydrogens (tertiary/aromatic N) is 5. The van der Waals surface area contributed by atoms with Crippen LogP contribution in [0.4, 0.5) is 5.69 Å². The Balaban J connectivity index is 1.92. The summed E-state index contributed by atoms with van der Waals surface area (Å²) in [6.07, 6.45) is 1.25. The molecule has 0 bridgehead atoms. The first-order valence-corrected chi connectivity index (χ1v) is 8.19. The highest BCUT2D eigenvalue weighted by Crippen LogP contribution is 2.30. The van der Waals surface area contributed by atoms with Crippen molar-refractivity contribution in [2.45, 2.75) is 30.6 Å². The highest BCUT2D eigenvalue weighted by atomic mass is 32.2. The number of rotatable bonds is 5. The Morgan fingerprint density at radius 1 is 1.21 bits per heavy atom. The quantitative estimate of drug-likeness (QED) is 0.519. The number of hydrogen-bond donors (Lipinski definition) is 0. The molecule has 0 atom stereocenters. The van der Waals surface area contributed by atoms with Gasteiger partial charge in [-0.05, 0) is 37.2 Å². The van der Waals surface area contributed by atoms with Crippen molar-refractivity contribution >= 4 is 17.4 Å². The van der Waals surface area contributed by atoms with Gasteiger partial charge in [0.25, 0.3) is 5.69 Å². The first-order chi connectivity index (χ1) is 11.6. The van der Waals surface area contributed by atoms with Crippen LogP contribution >= 0.6 is 11.8 Å². The van der Waals surface area contributed by atoms with Gasteiger partial charge in [-0.1, -0.05) is 24.3 Å². The normalized spacial score (nSPS) is 10.8.